The molecule has 0 atom stereocenters. The number of nitrogens with one attached hydrogen (secondary N) is 2. The van der Waals surface area contributed by atoms with Gasteiger partial charge in [-0.3, -0.25) is 9.59 Å². The van der Waals surface area contributed by atoms with Crippen LogP contribution < -0.4 is 5.32 Å². The maximum Gasteiger partial charge on any atom is 0.248 e. The Labute approximate surface area is 147 Å². The van der Waals surface area contributed by atoms with Crippen LogP contribution in [0.1, 0.15) is 25.3 Å². The van der Waals surface area contributed by atoms with Crippen LogP contribution in [-0.2, 0) is 20.9 Å². The molecule has 6 nitrogen and oxygen atoms in total. The molecule has 2 amide bonds. The summed E-state index contributed by atoms with van der Waals surface area (Å²) >= 11 is 0. The molecule has 0 spiro atoms. The monoisotopic (exact) mass is 343 g/mol. The molecule has 1 aromatic heterocycles. The predicted molar refractivity (Wildman–Crippen MR) is 95.9 cm³/mol. The summed E-state index contributed by atoms with van der Waals surface area (Å²) in [6.45, 7) is 4.32. The largest absolute Gasteiger partial charge is 0.372 e. The molecule has 1 aromatic carbocycles. The summed E-state index contributed by atoms with van der Waals surface area (Å²) < 4.78 is 5.16. The number of piperidine rings is 1. The lowest BCUT2D eigenvalue weighted by molar-refractivity contribution is -0.139. The Bertz CT molecular complexity index is 732. The summed E-state index contributed by atoms with van der Waals surface area (Å²) in [6.07, 6.45) is 3.33. The van der Waals surface area contributed by atoms with Gasteiger partial charge < -0.3 is 19.9 Å². The highest BCUT2D eigenvalue weighted by Crippen LogP contribution is 2.18. The normalized spacial score (nSPS) is 15.5. The second-order valence-electron chi connectivity index (χ2n) is 6.41. The van der Waals surface area contributed by atoms with E-state index in [-0.39, 0.29) is 24.3 Å². The number of aromatic amines is 1. The molecule has 1 fully saturated rings. The third-order valence-corrected chi connectivity index (χ3v) is 4.73. The molecule has 1 aliphatic rings. The van der Waals surface area contributed by atoms with Crippen LogP contribution in [0.2, 0.25) is 0 Å². The Morgan fingerprint density at radius 2 is 2.08 bits per heavy atom. The summed E-state index contributed by atoms with van der Waals surface area (Å²) in [5.41, 5.74) is 2.15. The Morgan fingerprint density at radius 1 is 1.28 bits per heavy atom. The molecule has 134 valence electrons. The Balaban J connectivity index is 1.45. The average Bonchev–Trinajstić information content (AvgIpc) is 3.12. The van der Waals surface area contributed by atoms with Gasteiger partial charge in [-0.05, 0) is 42.8 Å². The second kappa shape index (κ2) is 8.16. The highest BCUT2D eigenvalue weighted by Gasteiger charge is 2.27. The van der Waals surface area contributed by atoms with Crippen molar-refractivity contribution < 1.29 is 14.3 Å². The number of fused-ring (bicyclic) bond motifs is 1. The number of nitrogens with zero attached hydrogens (tertiary/aromatic N) is 1. The maximum absolute atomic E-state index is 12.4. The van der Waals surface area contributed by atoms with E-state index in [0.717, 1.165) is 11.1 Å². The van der Waals surface area contributed by atoms with Crippen LogP contribution in [0.4, 0.5) is 0 Å². The van der Waals surface area contributed by atoms with Gasteiger partial charge in [0.25, 0.3) is 0 Å². The first kappa shape index (κ1) is 17.5. The predicted octanol–water partition coefficient (Wildman–Crippen LogP) is 2.06. The molecule has 0 bridgehead atoms. The number of likely N-dealkylation sites (tertiary alicyclic amines) is 1. The Kier molecular flexibility index (Phi) is 5.71. The number of ether oxygens (including phenoxy) is 1. The smallest absolute Gasteiger partial charge is 0.248 e. The van der Waals surface area contributed by atoms with E-state index < -0.39 is 0 Å². The van der Waals surface area contributed by atoms with Crippen molar-refractivity contribution in [2.75, 3.05) is 26.3 Å². The van der Waals surface area contributed by atoms with Crippen LogP contribution in [0, 0.1) is 5.92 Å². The molecule has 1 aliphatic heterocycles. The van der Waals surface area contributed by atoms with E-state index >= 15 is 0 Å². The number of carbonyl (C=O) groups is 2. The molecule has 6 heteroatoms. The fourth-order valence-corrected chi connectivity index (χ4v) is 3.21. The minimum absolute atomic E-state index is 0.0139. The first-order valence-electron chi connectivity index (χ1n) is 8.86. The molecule has 2 aromatic rings. The van der Waals surface area contributed by atoms with Gasteiger partial charge in [-0.2, -0.15) is 0 Å². The highest BCUT2D eigenvalue weighted by molar-refractivity contribution is 5.81. The van der Waals surface area contributed by atoms with Crippen LogP contribution >= 0.6 is 0 Å². The van der Waals surface area contributed by atoms with Crippen molar-refractivity contribution in [3.8, 4) is 0 Å². The number of carbonyl (C=O) groups excluding carboxylic acids is 2. The van der Waals surface area contributed by atoms with Gasteiger partial charge in [-0.25, -0.2) is 0 Å². The molecule has 0 aliphatic carbocycles. The SMILES string of the molecule is CCOCC(=O)N1CCC(C(=O)NCc2ccc3cc[nH]c3c2)CC1. The average molecular weight is 343 g/mol. The van der Waals surface area contributed by atoms with Crippen molar-refractivity contribution in [2.24, 2.45) is 5.92 Å². The first-order chi connectivity index (χ1) is 12.2. The topological polar surface area (TPSA) is 74.4 Å². The third kappa shape index (κ3) is 4.39. The number of hydrogen-bond acceptors (Lipinski definition) is 3. The van der Waals surface area contributed by atoms with E-state index in [9.17, 15) is 9.59 Å². The van der Waals surface area contributed by atoms with Crippen molar-refractivity contribution in [2.45, 2.75) is 26.3 Å². The van der Waals surface area contributed by atoms with Gasteiger partial charge in [0, 0.05) is 43.9 Å². The Hall–Kier alpha value is -2.34. The molecule has 0 radical (unpaired) electrons. The molecule has 1 saturated heterocycles. The molecule has 2 heterocycles. The van der Waals surface area contributed by atoms with E-state index in [0.29, 0.717) is 39.1 Å². The summed E-state index contributed by atoms with van der Waals surface area (Å²) in [4.78, 5) is 29.3. The molecular weight excluding hydrogens is 318 g/mol. The van der Waals surface area contributed by atoms with Crippen LogP contribution in [-0.4, -0.2) is 48.0 Å². The summed E-state index contributed by atoms with van der Waals surface area (Å²) in [5, 5.41) is 4.19. The van der Waals surface area contributed by atoms with Gasteiger partial charge in [-0.1, -0.05) is 12.1 Å². The van der Waals surface area contributed by atoms with Gasteiger partial charge in [0.15, 0.2) is 0 Å². The first-order valence-corrected chi connectivity index (χ1v) is 8.86. The summed E-state index contributed by atoms with van der Waals surface area (Å²) in [7, 11) is 0. The maximum atomic E-state index is 12.4. The molecule has 0 saturated carbocycles. The number of amides is 2. The zero-order valence-electron chi connectivity index (χ0n) is 14.6. The fourth-order valence-electron chi connectivity index (χ4n) is 3.21. The van der Waals surface area contributed by atoms with Gasteiger partial charge in [-0.15, -0.1) is 0 Å². The number of aromatic nitrogens is 1. The van der Waals surface area contributed by atoms with E-state index in [4.69, 9.17) is 4.74 Å². The minimum Gasteiger partial charge on any atom is -0.372 e. The van der Waals surface area contributed by atoms with Crippen molar-refractivity contribution in [3.63, 3.8) is 0 Å². The van der Waals surface area contributed by atoms with E-state index in [1.807, 2.05) is 25.3 Å². The number of hydrogen-bond donors (Lipinski definition) is 2. The van der Waals surface area contributed by atoms with Crippen molar-refractivity contribution in [1.82, 2.24) is 15.2 Å². The highest BCUT2D eigenvalue weighted by atomic mass is 16.5. The zero-order valence-corrected chi connectivity index (χ0v) is 14.6. The number of H-pyrrole nitrogens is 1. The summed E-state index contributed by atoms with van der Waals surface area (Å²) in [6, 6.07) is 8.17. The molecule has 25 heavy (non-hydrogen) atoms. The second-order valence-corrected chi connectivity index (χ2v) is 6.41. The zero-order chi connectivity index (χ0) is 17.6. The van der Waals surface area contributed by atoms with E-state index in [2.05, 4.69) is 22.4 Å². The van der Waals surface area contributed by atoms with Crippen LogP contribution in [0.5, 0.6) is 0 Å². The van der Waals surface area contributed by atoms with Crippen molar-refractivity contribution >= 4 is 22.7 Å². The lowest BCUT2D eigenvalue weighted by Crippen LogP contribution is -2.44. The van der Waals surface area contributed by atoms with Crippen molar-refractivity contribution in [1.29, 1.82) is 0 Å². The summed E-state index contributed by atoms with van der Waals surface area (Å²) in [5.74, 6) is 0.0637. The van der Waals surface area contributed by atoms with Gasteiger partial charge in [0.2, 0.25) is 11.8 Å². The Morgan fingerprint density at radius 3 is 2.84 bits per heavy atom. The number of benzene rings is 1. The van der Waals surface area contributed by atoms with Crippen LogP contribution in [0.3, 0.4) is 0 Å². The molecule has 0 unspecified atom stereocenters. The molecular formula is C19H25N3O3. The van der Waals surface area contributed by atoms with Crippen LogP contribution in [0.25, 0.3) is 10.9 Å². The lowest BCUT2D eigenvalue weighted by atomic mass is 9.95. The van der Waals surface area contributed by atoms with Gasteiger partial charge >= 0.3 is 0 Å². The van der Waals surface area contributed by atoms with E-state index in [1.165, 1.54) is 5.39 Å². The molecule has 3 rings (SSSR count). The third-order valence-electron chi connectivity index (χ3n) is 4.73. The minimum atomic E-state index is -0.0228. The van der Waals surface area contributed by atoms with Gasteiger partial charge in [0.05, 0.1) is 0 Å². The van der Waals surface area contributed by atoms with E-state index in [1.54, 1.807) is 4.90 Å². The number of rotatable bonds is 6. The van der Waals surface area contributed by atoms with Crippen LogP contribution in [0.15, 0.2) is 30.5 Å². The fraction of sp³-hybridized carbons (Fsp3) is 0.474. The van der Waals surface area contributed by atoms with Crippen molar-refractivity contribution in [3.05, 3.63) is 36.0 Å². The molecule has 2 N–H and O–H groups in total. The standard InChI is InChI=1S/C19H25N3O3/c1-2-25-13-18(23)22-9-6-16(7-10-22)19(24)21-12-14-3-4-15-5-8-20-17(15)11-14/h3-5,8,11,16,20H,2,6-7,9-10,12-13H2,1H3,(H,21,24). The van der Waals surface area contributed by atoms with Gasteiger partial charge in [0.1, 0.15) is 6.61 Å². The lowest BCUT2D eigenvalue weighted by Gasteiger charge is -2.31. The quantitative estimate of drug-likeness (QED) is 0.843.